The maximum Gasteiger partial charge on any atom is 0.261 e. The Morgan fingerprint density at radius 1 is 0.972 bits per heavy atom. The number of furan rings is 1. The van der Waals surface area contributed by atoms with Crippen molar-refractivity contribution in [3.63, 3.8) is 0 Å². The molecule has 1 saturated carbocycles. The number of benzene rings is 2. The minimum atomic E-state index is -0.445. The quantitative estimate of drug-likeness (QED) is 0.348. The lowest BCUT2D eigenvalue weighted by Crippen LogP contribution is -2.48. The molecule has 0 bridgehead atoms. The first kappa shape index (κ1) is 22.5. The zero-order valence-corrected chi connectivity index (χ0v) is 20.2. The number of nitrogens with zero attached hydrogens (tertiary/aromatic N) is 3. The molecule has 2 aromatic heterocycles. The number of aromatic nitrogens is 1. The number of hydrogen-bond donors (Lipinski definition) is 0. The lowest BCUT2D eigenvalue weighted by atomic mass is 10.0. The van der Waals surface area contributed by atoms with E-state index in [0.29, 0.717) is 16.5 Å². The van der Waals surface area contributed by atoms with E-state index in [1.807, 2.05) is 54.7 Å². The maximum absolute atomic E-state index is 14.0. The van der Waals surface area contributed by atoms with E-state index in [-0.39, 0.29) is 31.0 Å². The van der Waals surface area contributed by atoms with Gasteiger partial charge in [-0.3, -0.25) is 14.5 Å². The first-order valence-corrected chi connectivity index (χ1v) is 12.3. The van der Waals surface area contributed by atoms with Crippen molar-refractivity contribution >= 4 is 29.1 Å². The van der Waals surface area contributed by atoms with Crippen LogP contribution in [0.3, 0.4) is 0 Å². The Morgan fingerprint density at radius 2 is 1.75 bits per heavy atom. The summed E-state index contributed by atoms with van der Waals surface area (Å²) in [5.74, 6) is 0.818. The van der Waals surface area contributed by atoms with Crippen molar-refractivity contribution in [3.8, 4) is 11.4 Å². The Labute approximate surface area is 213 Å². The predicted octanol–water partition coefficient (Wildman–Crippen LogP) is 5.23. The smallest absolute Gasteiger partial charge is 0.261 e. The Balaban J connectivity index is 1.28. The van der Waals surface area contributed by atoms with Crippen molar-refractivity contribution in [3.05, 3.63) is 102 Å². The van der Waals surface area contributed by atoms with Gasteiger partial charge >= 0.3 is 0 Å². The number of ether oxygens (including phenoxy) is 1. The standard InChI is InChI=1S/C28H24ClN3O4/c29-19-9-13-21(14-10-19)36-18-27(34)31(20-11-12-20)17-26(33)32-23-6-2-1-5-22(23)30-15-3-7-24(30)28(32)25-8-4-16-35-25/h1-10,13-16,20,28H,11-12,17-18H2. The number of anilines is 1. The van der Waals surface area contributed by atoms with E-state index in [2.05, 4.69) is 4.57 Å². The number of carbonyl (C=O) groups excluding carboxylic acids is 2. The molecule has 3 heterocycles. The van der Waals surface area contributed by atoms with Gasteiger partial charge in [0.1, 0.15) is 24.1 Å². The van der Waals surface area contributed by atoms with Gasteiger partial charge in [-0.1, -0.05) is 23.7 Å². The average molecular weight is 502 g/mol. The summed E-state index contributed by atoms with van der Waals surface area (Å²) in [4.78, 5) is 30.6. The molecule has 36 heavy (non-hydrogen) atoms. The minimum Gasteiger partial charge on any atom is -0.484 e. The summed E-state index contributed by atoms with van der Waals surface area (Å²) in [5, 5.41) is 0.595. The molecule has 0 saturated heterocycles. The van der Waals surface area contributed by atoms with E-state index in [0.717, 1.165) is 29.9 Å². The maximum atomic E-state index is 14.0. The monoisotopic (exact) mass is 501 g/mol. The fourth-order valence-corrected chi connectivity index (χ4v) is 4.89. The van der Waals surface area contributed by atoms with Gasteiger partial charge in [-0.25, -0.2) is 0 Å². The first-order valence-electron chi connectivity index (χ1n) is 11.9. The second kappa shape index (κ2) is 9.24. The molecule has 1 atom stereocenters. The van der Waals surface area contributed by atoms with Crippen molar-refractivity contribution in [2.45, 2.75) is 24.9 Å². The molecule has 2 amide bonds. The summed E-state index contributed by atoms with van der Waals surface area (Å²) >= 11 is 5.93. The van der Waals surface area contributed by atoms with E-state index < -0.39 is 6.04 Å². The molecule has 4 aromatic rings. The summed E-state index contributed by atoms with van der Waals surface area (Å²) in [6.07, 6.45) is 5.35. The summed E-state index contributed by atoms with van der Waals surface area (Å²) in [5.41, 5.74) is 2.60. The molecule has 8 heteroatoms. The van der Waals surface area contributed by atoms with E-state index in [1.165, 1.54) is 0 Å². The molecular weight excluding hydrogens is 478 g/mol. The normalized spacial score (nSPS) is 16.2. The highest BCUT2D eigenvalue weighted by Crippen LogP contribution is 2.42. The molecule has 6 rings (SSSR count). The van der Waals surface area contributed by atoms with Crippen LogP contribution in [0.2, 0.25) is 5.02 Å². The summed E-state index contributed by atoms with van der Waals surface area (Å²) in [6, 6.07) is 21.9. The van der Waals surface area contributed by atoms with Crippen LogP contribution in [0.4, 0.5) is 5.69 Å². The SMILES string of the molecule is O=C(COc1ccc(Cl)cc1)N(CC(=O)N1c2ccccc2-n2cccc2C1c1ccco1)C1CC1. The van der Waals surface area contributed by atoms with E-state index in [1.54, 1.807) is 40.3 Å². The molecule has 0 spiro atoms. The molecule has 1 fully saturated rings. The Bertz CT molecular complexity index is 1390. The number of hydrogen-bond acceptors (Lipinski definition) is 4. The molecule has 7 nitrogen and oxygen atoms in total. The largest absolute Gasteiger partial charge is 0.484 e. The number of halogens is 1. The number of carbonyl (C=O) groups is 2. The van der Waals surface area contributed by atoms with Gasteiger partial charge in [0.2, 0.25) is 5.91 Å². The second-order valence-corrected chi connectivity index (χ2v) is 9.41. The van der Waals surface area contributed by atoms with Crippen LogP contribution in [0.1, 0.15) is 30.3 Å². The molecule has 2 aromatic carbocycles. The average Bonchev–Trinajstić information content (AvgIpc) is 3.36. The van der Waals surface area contributed by atoms with Crippen LogP contribution >= 0.6 is 11.6 Å². The zero-order valence-electron chi connectivity index (χ0n) is 19.4. The van der Waals surface area contributed by atoms with Crippen molar-refractivity contribution in [2.24, 2.45) is 0 Å². The first-order chi connectivity index (χ1) is 17.6. The third kappa shape index (κ3) is 4.16. The van der Waals surface area contributed by atoms with Gasteiger partial charge in [-0.05, 0) is 73.5 Å². The summed E-state index contributed by atoms with van der Waals surface area (Å²) < 4.78 is 13.6. The van der Waals surface area contributed by atoms with Gasteiger partial charge < -0.3 is 18.6 Å². The van der Waals surface area contributed by atoms with Gasteiger partial charge in [0.25, 0.3) is 5.91 Å². The Hall–Kier alpha value is -3.97. The van der Waals surface area contributed by atoms with Crippen molar-refractivity contribution in [2.75, 3.05) is 18.1 Å². The zero-order chi connectivity index (χ0) is 24.6. The highest BCUT2D eigenvalue weighted by atomic mass is 35.5. The van der Waals surface area contributed by atoms with Gasteiger partial charge in [0, 0.05) is 17.3 Å². The molecular formula is C28H24ClN3O4. The molecule has 1 unspecified atom stereocenters. The minimum absolute atomic E-state index is 0.0419. The highest BCUT2D eigenvalue weighted by Gasteiger charge is 2.40. The van der Waals surface area contributed by atoms with Gasteiger partial charge in [-0.2, -0.15) is 0 Å². The topological polar surface area (TPSA) is 67.9 Å². The van der Waals surface area contributed by atoms with Crippen molar-refractivity contribution < 1.29 is 18.7 Å². The predicted molar refractivity (Wildman–Crippen MR) is 135 cm³/mol. The third-order valence-corrected chi connectivity index (χ3v) is 6.84. The molecule has 182 valence electrons. The summed E-state index contributed by atoms with van der Waals surface area (Å²) in [6.45, 7) is -0.188. The van der Waals surface area contributed by atoms with E-state index in [4.69, 9.17) is 20.8 Å². The fourth-order valence-electron chi connectivity index (χ4n) is 4.77. The summed E-state index contributed by atoms with van der Waals surface area (Å²) in [7, 11) is 0. The van der Waals surface area contributed by atoms with Crippen molar-refractivity contribution in [1.82, 2.24) is 9.47 Å². The molecule has 2 aliphatic rings. The Kier molecular flexibility index (Phi) is 5.77. The van der Waals surface area contributed by atoms with Gasteiger partial charge in [0.15, 0.2) is 6.61 Å². The van der Waals surface area contributed by atoms with Crippen molar-refractivity contribution in [1.29, 1.82) is 0 Å². The lowest BCUT2D eigenvalue weighted by Gasteiger charge is -2.38. The van der Waals surface area contributed by atoms with E-state index >= 15 is 0 Å². The van der Waals surface area contributed by atoms with Crippen LogP contribution < -0.4 is 9.64 Å². The van der Waals surface area contributed by atoms with Crippen LogP contribution in [-0.4, -0.2) is 40.5 Å². The highest BCUT2D eigenvalue weighted by molar-refractivity contribution is 6.30. The van der Waals surface area contributed by atoms with E-state index in [9.17, 15) is 9.59 Å². The Morgan fingerprint density at radius 3 is 2.47 bits per heavy atom. The third-order valence-electron chi connectivity index (χ3n) is 6.59. The molecule has 1 aliphatic heterocycles. The fraction of sp³-hybridized carbons (Fsp3) is 0.214. The van der Waals surface area contributed by atoms with Crippen LogP contribution in [0.5, 0.6) is 5.75 Å². The number of rotatable bonds is 7. The van der Waals surface area contributed by atoms with Crippen LogP contribution in [-0.2, 0) is 9.59 Å². The van der Waals surface area contributed by atoms with Crippen LogP contribution in [0, 0.1) is 0 Å². The van der Waals surface area contributed by atoms with Gasteiger partial charge in [0.05, 0.1) is 23.3 Å². The molecule has 0 radical (unpaired) electrons. The molecule has 0 N–H and O–H groups in total. The second-order valence-electron chi connectivity index (χ2n) is 8.97. The number of fused-ring (bicyclic) bond motifs is 3. The van der Waals surface area contributed by atoms with Gasteiger partial charge in [-0.15, -0.1) is 0 Å². The number of amides is 2. The number of para-hydroxylation sites is 2. The molecule has 1 aliphatic carbocycles. The lowest BCUT2D eigenvalue weighted by molar-refractivity contribution is -0.137. The van der Waals surface area contributed by atoms with Crippen LogP contribution in [0.15, 0.2) is 89.7 Å². The van der Waals surface area contributed by atoms with Crippen LogP contribution in [0.25, 0.3) is 5.69 Å².